The summed E-state index contributed by atoms with van der Waals surface area (Å²) in [6.45, 7) is 19.0. The number of ether oxygens (including phenoxy) is 2. The van der Waals surface area contributed by atoms with Crippen molar-refractivity contribution in [3.8, 4) is 0 Å². The number of thiol groups is 2. The molecule has 0 aromatic rings. The van der Waals surface area contributed by atoms with E-state index in [0.29, 0.717) is 19.3 Å². The van der Waals surface area contributed by atoms with Crippen molar-refractivity contribution >= 4 is 37.2 Å². The molecule has 0 saturated carbocycles. The lowest BCUT2D eigenvalue weighted by atomic mass is 9.83. The van der Waals surface area contributed by atoms with Crippen molar-refractivity contribution in [1.82, 2.24) is 0 Å². The molecular weight excluding hydrogens is 380 g/mol. The van der Waals surface area contributed by atoms with Gasteiger partial charge in [0.15, 0.2) is 0 Å². The molecule has 4 nitrogen and oxygen atoms in total. The maximum absolute atomic E-state index is 12.6. The minimum absolute atomic E-state index is 0.215. The van der Waals surface area contributed by atoms with Gasteiger partial charge in [-0.1, -0.05) is 34.6 Å². The smallest absolute Gasteiger partial charge is 0.311 e. The van der Waals surface area contributed by atoms with Crippen molar-refractivity contribution in [2.45, 2.75) is 110 Å². The van der Waals surface area contributed by atoms with Gasteiger partial charge in [0.05, 0.1) is 11.3 Å². The topological polar surface area (TPSA) is 52.6 Å². The van der Waals surface area contributed by atoms with Gasteiger partial charge in [-0.2, -0.15) is 25.3 Å². The molecule has 0 radical (unpaired) electrons. The Morgan fingerprint density at radius 2 is 1.33 bits per heavy atom. The molecule has 0 fully saturated rings. The fourth-order valence-corrected chi connectivity index (χ4v) is 4.11. The van der Waals surface area contributed by atoms with Crippen LogP contribution in [0.5, 0.6) is 0 Å². The third-order valence-corrected chi connectivity index (χ3v) is 4.44. The summed E-state index contributed by atoms with van der Waals surface area (Å²) in [5.41, 5.74) is -1.39. The third kappa shape index (κ3) is 11.9. The fourth-order valence-electron chi connectivity index (χ4n) is 3.47. The highest BCUT2D eigenvalue weighted by Crippen LogP contribution is 2.32. The maximum Gasteiger partial charge on any atom is 0.311 e. The molecule has 0 aliphatic rings. The first-order valence-corrected chi connectivity index (χ1v) is 10.5. The van der Waals surface area contributed by atoms with E-state index in [1.807, 2.05) is 48.5 Å². The molecule has 27 heavy (non-hydrogen) atoms. The standard InChI is InChI=1S/C21H40O4S2/c1-14(16(22)25-19(5,6)13-21(9,10)27)11-18(3,4)17(23)24-15(2)12-20(7,8)26/h14-15,26-27H,11-13H2,1-10H3. The zero-order chi connectivity index (χ0) is 21.8. The predicted octanol–water partition coefficient (Wildman–Crippen LogP) is 5.49. The number of carbonyl (C=O) groups is 2. The van der Waals surface area contributed by atoms with E-state index in [4.69, 9.17) is 9.47 Å². The van der Waals surface area contributed by atoms with Crippen molar-refractivity contribution in [1.29, 1.82) is 0 Å². The quantitative estimate of drug-likeness (QED) is 0.362. The average molecular weight is 421 g/mol. The van der Waals surface area contributed by atoms with Gasteiger partial charge in [-0.25, -0.2) is 0 Å². The zero-order valence-corrected chi connectivity index (χ0v) is 20.6. The first-order chi connectivity index (χ1) is 11.7. The monoisotopic (exact) mass is 420 g/mol. The Kier molecular flexibility index (Phi) is 9.30. The van der Waals surface area contributed by atoms with E-state index in [1.165, 1.54) is 0 Å². The summed E-state index contributed by atoms with van der Waals surface area (Å²) < 4.78 is 10.8. The zero-order valence-electron chi connectivity index (χ0n) is 18.8. The van der Waals surface area contributed by atoms with Crippen LogP contribution in [-0.4, -0.2) is 33.1 Å². The molecule has 0 aliphatic carbocycles. The summed E-state index contributed by atoms with van der Waals surface area (Å²) in [6.07, 6.45) is 1.41. The molecule has 0 saturated heterocycles. The lowest BCUT2D eigenvalue weighted by molar-refractivity contribution is -0.166. The van der Waals surface area contributed by atoms with E-state index in [1.54, 1.807) is 20.8 Å². The molecule has 0 bridgehead atoms. The van der Waals surface area contributed by atoms with E-state index in [2.05, 4.69) is 25.3 Å². The first-order valence-electron chi connectivity index (χ1n) is 9.63. The van der Waals surface area contributed by atoms with Gasteiger partial charge in [0.2, 0.25) is 0 Å². The molecule has 0 heterocycles. The first kappa shape index (κ1) is 26.6. The van der Waals surface area contributed by atoms with Gasteiger partial charge in [0.25, 0.3) is 0 Å². The Hall–Kier alpha value is -0.360. The van der Waals surface area contributed by atoms with E-state index in [9.17, 15) is 9.59 Å². The summed E-state index contributed by atoms with van der Waals surface area (Å²) in [4.78, 5) is 25.1. The number of hydrogen-bond acceptors (Lipinski definition) is 6. The molecule has 6 heteroatoms. The van der Waals surface area contributed by atoms with Crippen molar-refractivity contribution in [2.75, 3.05) is 0 Å². The molecule has 0 spiro atoms. The highest BCUT2D eigenvalue weighted by atomic mass is 32.1. The van der Waals surface area contributed by atoms with Crippen LogP contribution in [0.15, 0.2) is 0 Å². The number of rotatable bonds is 10. The Labute approximate surface area is 177 Å². The Bertz CT molecular complexity index is 513. The van der Waals surface area contributed by atoms with E-state index >= 15 is 0 Å². The molecule has 2 unspecified atom stereocenters. The predicted molar refractivity (Wildman–Crippen MR) is 119 cm³/mol. The van der Waals surface area contributed by atoms with E-state index in [0.717, 1.165) is 0 Å². The molecule has 0 aromatic carbocycles. The van der Waals surface area contributed by atoms with E-state index < -0.39 is 16.9 Å². The molecule has 0 aliphatic heterocycles. The lowest BCUT2D eigenvalue weighted by Gasteiger charge is -2.33. The van der Waals surface area contributed by atoms with Crippen molar-refractivity contribution in [2.24, 2.45) is 11.3 Å². The molecule has 0 amide bonds. The minimum Gasteiger partial charge on any atom is -0.462 e. The third-order valence-electron chi connectivity index (χ3n) is 4.10. The van der Waals surface area contributed by atoms with Gasteiger partial charge in [-0.15, -0.1) is 0 Å². The summed E-state index contributed by atoms with van der Waals surface area (Å²) in [6, 6.07) is 0. The normalized spacial score (nSPS) is 15.9. The lowest BCUT2D eigenvalue weighted by Crippen LogP contribution is -2.38. The second kappa shape index (κ2) is 9.43. The Morgan fingerprint density at radius 1 is 0.852 bits per heavy atom. The van der Waals surface area contributed by atoms with Crippen LogP contribution in [0, 0.1) is 11.3 Å². The van der Waals surface area contributed by atoms with Gasteiger partial charge >= 0.3 is 11.9 Å². The Balaban J connectivity index is 4.82. The summed E-state index contributed by atoms with van der Waals surface area (Å²) >= 11 is 9.00. The summed E-state index contributed by atoms with van der Waals surface area (Å²) in [7, 11) is 0. The SMILES string of the molecule is CC(CC(C)(C)S)OC(=O)C(C)(C)CC(C)C(=O)OC(C)(C)CC(C)(C)S. The van der Waals surface area contributed by atoms with Crippen LogP contribution in [0.4, 0.5) is 0 Å². The molecule has 0 N–H and O–H groups in total. The second-order valence-electron chi connectivity index (χ2n) is 10.4. The average Bonchev–Trinajstić information content (AvgIpc) is 2.31. The highest BCUT2D eigenvalue weighted by Gasteiger charge is 2.37. The van der Waals surface area contributed by atoms with Gasteiger partial charge in [-0.3, -0.25) is 9.59 Å². The summed E-state index contributed by atoms with van der Waals surface area (Å²) in [5, 5.41) is 0. The Morgan fingerprint density at radius 3 is 1.74 bits per heavy atom. The minimum atomic E-state index is -0.777. The van der Waals surface area contributed by atoms with Crippen LogP contribution in [0.3, 0.4) is 0 Å². The van der Waals surface area contributed by atoms with Crippen molar-refractivity contribution in [3.05, 3.63) is 0 Å². The van der Waals surface area contributed by atoms with Crippen LogP contribution in [0.1, 0.15) is 88.5 Å². The number of hydrogen-bond donors (Lipinski definition) is 2. The fraction of sp³-hybridized carbons (Fsp3) is 0.905. The van der Waals surface area contributed by atoms with Crippen LogP contribution in [0.25, 0.3) is 0 Å². The molecule has 160 valence electrons. The molecule has 0 rings (SSSR count). The number of carbonyl (C=O) groups excluding carboxylic acids is 2. The molecule has 2 atom stereocenters. The second-order valence-corrected chi connectivity index (χ2v) is 12.8. The van der Waals surface area contributed by atoms with Gasteiger partial charge in [0, 0.05) is 15.9 Å². The van der Waals surface area contributed by atoms with Crippen LogP contribution >= 0.6 is 25.3 Å². The molecule has 0 aromatic heterocycles. The number of esters is 2. The molecular formula is C21H40O4S2. The van der Waals surface area contributed by atoms with Gasteiger partial charge < -0.3 is 9.47 Å². The maximum atomic E-state index is 12.6. The van der Waals surface area contributed by atoms with Gasteiger partial charge in [0.1, 0.15) is 11.7 Å². The summed E-state index contributed by atoms with van der Waals surface area (Å²) in [5.74, 6) is -1.02. The van der Waals surface area contributed by atoms with E-state index in [-0.39, 0.29) is 27.5 Å². The highest BCUT2D eigenvalue weighted by molar-refractivity contribution is 7.81. The van der Waals surface area contributed by atoms with Gasteiger partial charge in [-0.05, 0) is 47.5 Å². The van der Waals surface area contributed by atoms with Crippen LogP contribution in [-0.2, 0) is 19.1 Å². The van der Waals surface area contributed by atoms with Crippen molar-refractivity contribution < 1.29 is 19.1 Å². The van der Waals surface area contributed by atoms with Crippen LogP contribution in [0.2, 0.25) is 0 Å². The van der Waals surface area contributed by atoms with Crippen molar-refractivity contribution in [3.63, 3.8) is 0 Å². The van der Waals surface area contributed by atoms with Crippen LogP contribution < -0.4 is 0 Å². The largest absolute Gasteiger partial charge is 0.462 e.